The van der Waals surface area contributed by atoms with Crippen LogP contribution in [0.3, 0.4) is 0 Å². The zero-order valence-electron chi connectivity index (χ0n) is 13.6. The molecule has 0 unspecified atom stereocenters. The molecule has 126 valence electrons. The van der Waals surface area contributed by atoms with Crippen LogP contribution in [0.15, 0.2) is 12.2 Å². The van der Waals surface area contributed by atoms with Crippen molar-refractivity contribution in [3.05, 3.63) is 12.2 Å². The summed E-state index contributed by atoms with van der Waals surface area (Å²) in [6, 6.07) is 0. The summed E-state index contributed by atoms with van der Waals surface area (Å²) >= 11 is 0. The van der Waals surface area contributed by atoms with E-state index in [9.17, 15) is 9.90 Å². The van der Waals surface area contributed by atoms with Gasteiger partial charge in [-0.2, -0.15) is 0 Å². The van der Waals surface area contributed by atoms with E-state index in [1.165, 1.54) is 7.11 Å². The second-order valence-electron chi connectivity index (χ2n) is 6.23. The Bertz CT molecular complexity index is 421. The maximum absolute atomic E-state index is 12.3. The van der Waals surface area contributed by atoms with Crippen LogP contribution in [-0.4, -0.2) is 49.0 Å². The molecule has 0 aliphatic carbocycles. The minimum absolute atomic E-state index is 0.153. The van der Waals surface area contributed by atoms with Gasteiger partial charge in [-0.15, -0.1) is 0 Å². The standard InChI is InChI=1S/C16H27NO5/c1-10-9-16(20-4,22-12(3)11(10)2)14(18)15(19)17-13-7-5-6-8-21-13/h11-14,18H,1,5-9H2,2-4H3,(H,17,19)/t11-,12-,13-,14+,16-/m0/s1. The number of hydrogen-bond donors (Lipinski definition) is 2. The Hall–Kier alpha value is -0.950. The Morgan fingerprint density at radius 2 is 2.23 bits per heavy atom. The number of rotatable bonds is 4. The first-order chi connectivity index (χ1) is 10.4. The van der Waals surface area contributed by atoms with Gasteiger partial charge in [-0.1, -0.05) is 19.1 Å². The third-order valence-corrected chi connectivity index (χ3v) is 4.70. The normalized spacial score (nSPS) is 37.6. The second-order valence-corrected chi connectivity index (χ2v) is 6.23. The fourth-order valence-electron chi connectivity index (χ4n) is 2.95. The minimum Gasteiger partial charge on any atom is -0.378 e. The predicted octanol–water partition coefficient (Wildman–Crippen LogP) is 1.33. The number of carbonyl (C=O) groups is 1. The molecule has 1 amide bonds. The lowest BCUT2D eigenvalue weighted by Crippen LogP contribution is -2.59. The molecule has 5 atom stereocenters. The van der Waals surface area contributed by atoms with Crippen LogP contribution in [0.1, 0.15) is 39.5 Å². The molecule has 2 N–H and O–H groups in total. The molecular formula is C16H27NO5. The maximum Gasteiger partial charge on any atom is 0.256 e. The molecule has 2 fully saturated rings. The van der Waals surface area contributed by atoms with Gasteiger partial charge in [-0.25, -0.2) is 0 Å². The summed E-state index contributed by atoms with van der Waals surface area (Å²) < 4.78 is 16.7. The summed E-state index contributed by atoms with van der Waals surface area (Å²) in [6.07, 6.45) is 1.06. The predicted molar refractivity (Wildman–Crippen MR) is 80.9 cm³/mol. The zero-order valence-corrected chi connectivity index (χ0v) is 13.6. The lowest BCUT2D eigenvalue weighted by Gasteiger charge is -2.45. The molecular weight excluding hydrogens is 286 g/mol. The number of aliphatic hydroxyl groups is 1. The zero-order chi connectivity index (χ0) is 16.3. The molecule has 2 rings (SSSR count). The molecule has 6 nitrogen and oxygen atoms in total. The van der Waals surface area contributed by atoms with Crippen LogP contribution in [0.2, 0.25) is 0 Å². The van der Waals surface area contributed by atoms with E-state index in [1.54, 1.807) is 0 Å². The van der Waals surface area contributed by atoms with Crippen molar-refractivity contribution < 1.29 is 24.1 Å². The van der Waals surface area contributed by atoms with Crippen molar-refractivity contribution in [2.24, 2.45) is 5.92 Å². The number of nitrogens with one attached hydrogen (secondary N) is 1. The van der Waals surface area contributed by atoms with Gasteiger partial charge in [0.05, 0.1) is 6.10 Å². The average molecular weight is 313 g/mol. The number of aliphatic hydroxyl groups excluding tert-OH is 1. The first kappa shape index (κ1) is 17.4. The molecule has 0 spiro atoms. The van der Waals surface area contributed by atoms with Crippen molar-refractivity contribution in [3.63, 3.8) is 0 Å². The number of hydrogen-bond acceptors (Lipinski definition) is 5. The molecule has 22 heavy (non-hydrogen) atoms. The first-order valence-corrected chi connectivity index (χ1v) is 7.90. The van der Waals surface area contributed by atoms with Crippen molar-refractivity contribution in [3.8, 4) is 0 Å². The Kier molecular flexibility index (Phi) is 5.60. The SMILES string of the molecule is C=C1C[C@@](OC)([C@H](O)C(=O)N[C@@H]2CCCCO2)O[C@@H](C)[C@H]1C. The van der Waals surface area contributed by atoms with Crippen LogP contribution in [0.4, 0.5) is 0 Å². The Morgan fingerprint density at radius 3 is 2.77 bits per heavy atom. The Labute approximate surface area is 131 Å². The maximum atomic E-state index is 12.3. The van der Waals surface area contributed by atoms with E-state index in [0.717, 1.165) is 24.8 Å². The van der Waals surface area contributed by atoms with E-state index in [0.29, 0.717) is 6.61 Å². The molecule has 0 aromatic rings. The monoisotopic (exact) mass is 313 g/mol. The van der Waals surface area contributed by atoms with Gasteiger partial charge in [0.1, 0.15) is 6.23 Å². The molecule has 0 radical (unpaired) electrons. The molecule has 2 heterocycles. The smallest absolute Gasteiger partial charge is 0.256 e. The highest BCUT2D eigenvalue weighted by Crippen LogP contribution is 2.38. The average Bonchev–Trinajstić information content (AvgIpc) is 2.52. The van der Waals surface area contributed by atoms with Gasteiger partial charge in [0.2, 0.25) is 5.79 Å². The van der Waals surface area contributed by atoms with Crippen molar-refractivity contribution in [1.82, 2.24) is 5.32 Å². The van der Waals surface area contributed by atoms with Gasteiger partial charge < -0.3 is 24.6 Å². The van der Waals surface area contributed by atoms with Gasteiger partial charge in [-0.05, 0) is 26.2 Å². The molecule has 0 bridgehead atoms. The number of carbonyl (C=O) groups excluding carboxylic acids is 1. The molecule has 2 saturated heterocycles. The van der Waals surface area contributed by atoms with E-state index in [1.807, 2.05) is 13.8 Å². The fraction of sp³-hybridized carbons (Fsp3) is 0.812. The van der Waals surface area contributed by atoms with Crippen LogP contribution >= 0.6 is 0 Å². The highest BCUT2D eigenvalue weighted by atomic mass is 16.7. The quantitative estimate of drug-likeness (QED) is 0.766. The van der Waals surface area contributed by atoms with Crippen molar-refractivity contribution in [1.29, 1.82) is 0 Å². The van der Waals surface area contributed by atoms with Gasteiger partial charge >= 0.3 is 0 Å². The minimum atomic E-state index is -1.44. The van der Waals surface area contributed by atoms with Crippen molar-refractivity contribution >= 4 is 5.91 Å². The van der Waals surface area contributed by atoms with Crippen LogP contribution in [0.25, 0.3) is 0 Å². The molecule has 0 saturated carbocycles. The fourth-order valence-corrected chi connectivity index (χ4v) is 2.95. The van der Waals surface area contributed by atoms with E-state index >= 15 is 0 Å². The van der Waals surface area contributed by atoms with Gasteiger partial charge in [0.15, 0.2) is 6.10 Å². The number of methoxy groups -OCH3 is 1. The highest BCUT2D eigenvalue weighted by Gasteiger charge is 2.49. The highest BCUT2D eigenvalue weighted by molar-refractivity contribution is 5.81. The molecule has 6 heteroatoms. The lowest BCUT2D eigenvalue weighted by molar-refractivity contribution is -0.297. The van der Waals surface area contributed by atoms with E-state index in [-0.39, 0.29) is 24.7 Å². The van der Waals surface area contributed by atoms with Crippen molar-refractivity contribution in [2.45, 2.75) is 63.8 Å². The summed E-state index contributed by atoms with van der Waals surface area (Å²) in [7, 11) is 1.43. The van der Waals surface area contributed by atoms with Crippen LogP contribution in [-0.2, 0) is 19.0 Å². The van der Waals surface area contributed by atoms with Crippen molar-refractivity contribution in [2.75, 3.05) is 13.7 Å². The van der Waals surface area contributed by atoms with Gasteiger partial charge in [0.25, 0.3) is 5.91 Å². The molecule has 0 aromatic carbocycles. The topological polar surface area (TPSA) is 77.0 Å². The number of amides is 1. The van der Waals surface area contributed by atoms with Crippen LogP contribution < -0.4 is 5.32 Å². The largest absolute Gasteiger partial charge is 0.378 e. The summed E-state index contributed by atoms with van der Waals surface area (Å²) in [6.45, 7) is 8.54. The summed E-state index contributed by atoms with van der Waals surface area (Å²) in [4.78, 5) is 12.3. The molecule has 2 aliphatic rings. The van der Waals surface area contributed by atoms with Gasteiger partial charge in [0, 0.05) is 26.1 Å². The van der Waals surface area contributed by atoms with E-state index < -0.39 is 17.8 Å². The lowest BCUT2D eigenvalue weighted by atomic mass is 9.85. The Morgan fingerprint density at radius 1 is 1.50 bits per heavy atom. The summed E-state index contributed by atoms with van der Waals surface area (Å²) in [5.74, 6) is -1.77. The van der Waals surface area contributed by atoms with E-state index in [2.05, 4.69) is 11.9 Å². The first-order valence-electron chi connectivity index (χ1n) is 7.90. The molecule has 2 aliphatic heterocycles. The summed E-state index contributed by atoms with van der Waals surface area (Å²) in [5, 5.41) is 13.2. The third kappa shape index (κ3) is 3.51. The van der Waals surface area contributed by atoms with Crippen LogP contribution in [0.5, 0.6) is 0 Å². The number of ether oxygens (including phenoxy) is 3. The van der Waals surface area contributed by atoms with E-state index in [4.69, 9.17) is 14.2 Å². The Balaban J connectivity index is 2.05. The molecule has 0 aromatic heterocycles. The third-order valence-electron chi connectivity index (χ3n) is 4.70. The second kappa shape index (κ2) is 7.08. The van der Waals surface area contributed by atoms with Gasteiger partial charge in [-0.3, -0.25) is 4.79 Å². The van der Waals surface area contributed by atoms with Crippen LogP contribution in [0, 0.1) is 5.92 Å². The summed E-state index contributed by atoms with van der Waals surface area (Å²) in [5.41, 5.74) is 0.904.